The molecule has 1 aromatic carbocycles. The lowest BCUT2D eigenvalue weighted by molar-refractivity contribution is 0.129. The molecule has 1 saturated carbocycles. The van der Waals surface area contributed by atoms with Gasteiger partial charge in [0.25, 0.3) is 0 Å². The molecule has 100 valence electrons. The number of hydrogen-bond donors (Lipinski definition) is 1. The van der Waals surface area contributed by atoms with E-state index in [1.54, 1.807) is 0 Å². The van der Waals surface area contributed by atoms with Crippen molar-refractivity contribution in [2.24, 2.45) is 0 Å². The van der Waals surface area contributed by atoms with Gasteiger partial charge in [-0.3, -0.25) is 0 Å². The van der Waals surface area contributed by atoms with Crippen molar-refractivity contribution < 1.29 is 5.11 Å². The number of nitrogens with zero attached hydrogens (tertiary/aromatic N) is 3. The van der Waals surface area contributed by atoms with Gasteiger partial charge in [-0.05, 0) is 37.7 Å². The smallest absolute Gasteiger partial charge is 0.0830 e. The Morgan fingerprint density at radius 2 is 2.00 bits per heavy atom. The summed E-state index contributed by atoms with van der Waals surface area (Å²) in [5, 5.41) is 18.3. The van der Waals surface area contributed by atoms with Crippen LogP contribution in [0.3, 0.4) is 0 Å². The second-order valence-corrected chi connectivity index (χ2v) is 5.24. The lowest BCUT2D eigenvalue weighted by Gasteiger charge is -2.13. The lowest BCUT2D eigenvalue weighted by Crippen LogP contribution is -2.18. The molecule has 1 fully saturated rings. The highest BCUT2D eigenvalue weighted by Crippen LogP contribution is 2.29. The fourth-order valence-electron chi connectivity index (χ4n) is 2.74. The Morgan fingerprint density at radius 1 is 1.16 bits per heavy atom. The summed E-state index contributed by atoms with van der Waals surface area (Å²) in [4.78, 5) is 0. The summed E-state index contributed by atoms with van der Waals surface area (Å²) < 4.78 is 1.85. The van der Waals surface area contributed by atoms with Crippen molar-refractivity contribution in [1.29, 1.82) is 0 Å². The number of hydrogen-bond acceptors (Lipinski definition) is 3. The fourth-order valence-corrected chi connectivity index (χ4v) is 2.74. The monoisotopic (exact) mass is 257 g/mol. The highest BCUT2D eigenvalue weighted by molar-refractivity contribution is 5.15. The standard InChI is InChI=1S/C15H19N3O/c19-15-8-4-7-14(15)18-11-13(16-17-18)10-9-12-5-2-1-3-6-12/h1-3,5-6,11,14-15,19H,4,7-10H2/t14-,15+/m1/s1. The van der Waals surface area contributed by atoms with Gasteiger partial charge in [0.15, 0.2) is 0 Å². The molecule has 1 aromatic heterocycles. The van der Waals surface area contributed by atoms with Gasteiger partial charge < -0.3 is 5.11 Å². The third-order valence-corrected chi connectivity index (χ3v) is 3.85. The van der Waals surface area contributed by atoms with Crippen molar-refractivity contribution in [2.75, 3.05) is 0 Å². The van der Waals surface area contributed by atoms with Crippen LogP contribution in [0.25, 0.3) is 0 Å². The van der Waals surface area contributed by atoms with Gasteiger partial charge in [0, 0.05) is 6.20 Å². The topological polar surface area (TPSA) is 50.9 Å². The SMILES string of the molecule is O[C@H]1CCC[C@H]1n1cc(CCc2ccccc2)nn1. The van der Waals surface area contributed by atoms with E-state index in [1.807, 2.05) is 16.9 Å². The molecule has 4 nitrogen and oxygen atoms in total. The Balaban J connectivity index is 1.62. The maximum Gasteiger partial charge on any atom is 0.0830 e. The zero-order chi connectivity index (χ0) is 13.1. The first-order chi connectivity index (χ1) is 9.33. The molecule has 0 aliphatic heterocycles. The average molecular weight is 257 g/mol. The van der Waals surface area contributed by atoms with Gasteiger partial charge >= 0.3 is 0 Å². The third-order valence-electron chi connectivity index (χ3n) is 3.85. The van der Waals surface area contributed by atoms with E-state index in [2.05, 4.69) is 34.6 Å². The molecule has 2 aromatic rings. The van der Waals surface area contributed by atoms with Crippen molar-refractivity contribution in [1.82, 2.24) is 15.0 Å². The highest BCUT2D eigenvalue weighted by atomic mass is 16.3. The number of aryl methyl sites for hydroxylation is 2. The number of rotatable bonds is 4. The molecular weight excluding hydrogens is 238 g/mol. The predicted octanol–water partition coefficient (Wildman–Crippen LogP) is 2.15. The number of aliphatic hydroxyl groups excluding tert-OH is 1. The van der Waals surface area contributed by atoms with E-state index >= 15 is 0 Å². The minimum Gasteiger partial charge on any atom is -0.391 e. The summed E-state index contributed by atoms with van der Waals surface area (Å²) in [6.45, 7) is 0. The summed E-state index contributed by atoms with van der Waals surface area (Å²) in [5.74, 6) is 0. The van der Waals surface area contributed by atoms with E-state index in [1.165, 1.54) is 5.56 Å². The minimum absolute atomic E-state index is 0.123. The number of aromatic nitrogens is 3. The minimum atomic E-state index is -0.260. The molecule has 1 N–H and O–H groups in total. The van der Waals surface area contributed by atoms with Crippen molar-refractivity contribution in [3.63, 3.8) is 0 Å². The summed E-state index contributed by atoms with van der Waals surface area (Å²) in [5.41, 5.74) is 2.32. The molecule has 1 heterocycles. The maximum atomic E-state index is 9.87. The first-order valence-electron chi connectivity index (χ1n) is 6.95. The van der Waals surface area contributed by atoms with E-state index in [4.69, 9.17) is 0 Å². The number of benzene rings is 1. The molecule has 1 aliphatic carbocycles. The average Bonchev–Trinajstić information content (AvgIpc) is 3.06. The second kappa shape index (κ2) is 5.53. The van der Waals surface area contributed by atoms with Gasteiger partial charge in [-0.2, -0.15) is 0 Å². The Hall–Kier alpha value is -1.68. The molecule has 1 aliphatic rings. The molecule has 0 saturated heterocycles. The van der Waals surface area contributed by atoms with Crippen LogP contribution in [0.4, 0.5) is 0 Å². The van der Waals surface area contributed by atoms with Crippen molar-refractivity contribution in [3.8, 4) is 0 Å². The maximum absolute atomic E-state index is 9.87. The van der Waals surface area contributed by atoms with Gasteiger partial charge in [-0.15, -0.1) is 5.10 Å². The zero-order valence-corrected chi connectivity index (χ0v) is 10.9. The van der Waals surface area contributed by atoms with Crippen LogP contribution in [0.15, 0.2) is 36.5 Å². The molecule has 4 heteroatoms. The zero-order valence-electron chi connectivity index (χ0n) is 10.9. The highest BCUT2D eigenvalue weighted by Gasteiger charge is 2.27. The molecular formula is C15H19N3O. The molecule has 0 radical (unpaired) electrons. The quantitative estimate of drug-likeness (QED) is 0.913. The predicted molar refractivity (Wildman–Crippen MR) is 72.8 cm³/mol. The van der Waals surface area contributed by atoms with E-state index in [0.29, 0.717) is 0 Å². The second-order valence-electron chi connectivity index (χ2n) is 5.24. The van der Waals surface area contributed by atoms with Gasteiger partial charge in [0.2, 0.25) is 0 Å². The van der Waals surface area contributed by atoms with Crippen LogP contribution < -0.4 is 0 Å². The Morgan fingerprint density at radius 3 is 2.74 bits per heavy atom. The largest absolute Gasteiger partial charge is 0.391 e. The van der Waals surface area contributed by atoms with Crippen molar-refractivity contribution >= 4 is 0 Å². The molecule has 2 atom stereocenters. The fraction of sp³-hybridized carbons (Fsp3) is 0.467. The summed E-state index contributed by atoms with van der Waals surface area (Å²) in [6.07, 6.45) is 6.56. The van der Waals surface area contributed by atoms with Crippen LogP contribution in [-0.4, -0.2) is 26.2 Å². The van der Waals surface area contributed by atoms with Crippen LogP contribution in [-0.2, 0) is 12.8 Å². The lowest BCUT2D eigenvalue weighted by atomic mass is 10.1. The van der Waals surface area contributed by atoms with E-state index in [-0.39, 0.29) is 12.1 Å². The summed E-state index contributed by atoms with van der Waals surface area (Å²) >= 11 is 0. The van der Waals surface area contributed by atoms with Crippen LogP contribution in [0.2, 0.25) is 0 Å². The van der Waals surface area contributed by atoms with E-state index < -0.39 is 0 Å². The van der Waals surface area contributed by atoms with Crippen LogP contribution in [0, 0.1) is 0 Å². The first-order valence-corrected chi connectivity index (χ1v) is 6.95. The molecule has 0 bridgehead atoms. The van der Waals surface area contributed by atoms with Crippen molar-refractivity contribution in [2.45, 2.75) is 44.2 Å². The van der Waals surface area contributed by atoms with Gasteiger partial charge in [-0.1, -0.05) is 35.5 Å². The summed E-state index contributed by atoms with van der Waals surface area (Å²) in [6, 6.07) is 10.5. The molecule has 3 rings (SSSR count). The Labute approximate surface area is 113 Å². The van der Waals surface area contributed by atoms with Gasteiger partial charge in [-0.25, -0.2) is 4.68 Å². The normalized spacial score (nSPS) is 22.8. The van der Waals surface area contributed by atoms with E-state index in [0.717, 1.165) is 37.8 Å². The molecule has 0 unspecified atom stereocenters. The van der Waals surface area contributed by atoms with Gasteiger partial charge in [0.05, 0.1) is 17.8 Å². The Kier molecular flexibility index (Phi) is 3.60. The Bertz CT molecular complexity index is 523. The molecule has 0 amide bonds. The first kappa shape index (κ1) is 12.4. The summed E-state index contributed by atoms with van der Waals surface area (Å²) in [7, 11) is 0. The third kappa shape index (κ3) is 2.84. The molecule has 19 heavy (non-hydrogen) atoms. The van der Waals surface area contributed by atoms with Crippen LogP contribution >= 0.6 is 0 Å². The number of aliphatic hydroxyl groups is 1. The molecule has 0 spiro atoms. The van der Waals surface area contributed by atoms with Gasteiger partial charge in [0.1, 0.15) is 0 Å². The van der Waals surface area contributed by atoms with Crippen LogP contribution in [0.5, 0.6) is 0 Å². The van der Waals surface area contributed by atoms with Crippen LogP contribution in [0.1, 0.15) is 36.6 Å². The van der Waals surface area contributed by atoms with E-state index in [9.17, 15) is 5.11 Å². The van der Waals surface area contributed by atoms with Crippen molar-refractivity contribution in [3.05, 3.63) is 47.8 Å².